The molecule has 3 N–H and O–H groups in total. The van der Waals surface area contributed by atoms with Crippen LogP contribution in [0.15, 0.2) is 30.9 Å². The first-order chi connectivity index (χ1) is 13.3. The molecule has 7 nitrogen and oxygen atoms in total. The van der Waals surface area contributed by atoms with E-state index in [2.05, 4.69) is 19.9 Å². The van der Waals surface area contributed by atoms with Crippen molar-refractivity contribution in [1.82, 2.24) is 20.3 Å². The van der Waals surface area contributed by atoms with Crippen LogP contribution in [0, 0.1) is 5.92 Å². The van der Waals surface area contributed by atoms with Crippen LogP contribution in [0.3, 0.4) is 0 Å². The van der Waals surface area contributed by atoms with Gasteiger partial charge in [0.2, 0.25) is 0 Å². The van der Waals surface area contributed by atoms with E-state index in [1.807, 2.05) is 23.8 Å². The molecule has 0 radical (unpaired) electrons. The van der Waals surface area contributed by atoms with Gasteiger partial charge in [0.1, 0.15) is 5.65 Å². The van der Waals surface area contributed by atoms with Gasteiger partial charge in [-0.25, -0.2) is 4.98 Å². The fourth-order valence-electron chi connectivity index (χ4n) is 3.28. The zero-order valence-electron chi connectivity index (χ0n) is 15.1. The van der Waals surface area contributed by atoms with Gasteiger partial charge in [0, 0.05) is 47.8 Å². The van der Waals surface area contributed by atoms with Crippen LogP contribution in [0.4, 0.5) is 18.9 Å². The van der Waals surface area contributed by atoms with Crippen LogP contribution >= 0.6 is 0 Å². The largest absolute Gasteiger partial charge is 0.481 e. The smallest absolute Gasteiger partial charge is 0.401 e. The zero-order valence-corrected chi connectivity index (χ0v) is 15.1. The number of fused-ring (bicyclic) bond motifs is 3. The van der Waals surface area contributed by atoms with Gasteiger partial charge in [-0.15, -0.1) is 0 Å². The third-order valence-corrected chi connectivity index (χ3v) is 4.54. The van der Waals surface area contributed by atoms with Gasteiger partial charge in [0.05, 0.1) is 24.3 Å². The molecule has 4 rings (SSSR count). The Labute approximate surface area is 158 Å². The van der Waals surface area contributed by atoms with Crippen molar-refractivity contribution in [1.29, 1.82) is 0 Å². The van der Waals surface area contributed by atoms with Gasteiger partial charge >= 0.3 is 12.1 Å². The number of rotatable bonds is 3. The number of halogens is 3. The Kier molecular flexibility index (Phi) is 5.68. The average molecular weight is 395 g/mol. The third-order valence-electron chi connectivity index (χ3n) is 4.54. The molecule has 1 saturated heterocycles. The summed E-state index contributed by atoms with van der Waals surface area (Å²) < 4.78 is 33.0. The summed E-state index contributed by atoms with van der Waals surface area (Å²) in [5.74, 6) is -1.03. The van der Waals surface area contributed by atoms with Crippen molar-refractivity contribution >= 4 is 33.5 Å². The van der Waals surface area contributed by atoms with Crippen molar-refractivity contribution in [2.45, 2.75) is 12.6 Å². The maximum atomic E-state index is 11.2. The van der Waals surface area contributed by atoms with Gasteiger partial charge < -0.3 is 20.3 Å². The highest BCUT2D eigenvalue weighted by molar-refractivity contribution is 6.11. The SMILES string of the molecule is CNCC(F)(F)F.O=C(O)C1CCN(c2cncc3cnc4[nH]ccc4c23)C1. The number of hydrogen-bond acceptors (Lipinski definition) is 5. The lowest BCUT2D eigenvalue weighted by molar-refractivity contribution is -0.140. The van der Waals surface area contributed by atoms with Crippen LogP contribution in [0.5, 0.6) is 0 Å². The van der Waals surface area contributed by atoms with Gasteiger partial charge in [0.15, 0.2) is 0 Å². The molecule has 0 bridgehead atoms. The molecule has 10 heteroatoms. The van der Waals surface area contributed by atoms with Gasteiger partial charge in [-0.05, 0) is 19.5 Å². The van der Waals surface area contributed by atoms with Gasteiger partial charge in [-0.2, -0.15) is 13.2 Å². The summed E-state index contributed by atoms with van der Waals surface area (Å²) in [6.07, 6.45) is 3.89. The van der Waals surface area contributed by atoms with E-state index in [1.54, 1.807) is 12.4 Å². The summed E-state index contributed by atoms with van der Waals surface area (Å²) >= 11 is 0. The maximum absolute atomic E-state index is 11.2. The number of carbonyl (C=O) groups is 1. The van der Waals surface area contributed by atoms with Gasteiger partial charge in [-0.1, -0.05) is 0 Å². The van der Waals surface area contributed by atoms with Crippen molar-refractivity contribution in [3.63, 3.8) is 0 Å². The van der Waals surface area contributed by atoms with E-state index >= 15 is 0 Å². The standard InChI is InChI=1S/C15H14N4O2.C3H6F3N/c20-15(21)9-2-4-19(8-9)12-7-16-5-10-6-18-14-11(13(10)12)1-3-17-14;1-7-2-3(4,5)6/h1,3,5-7,9H,2,4,8H2,(H,17,18)(H,20,21);7H,2H2,1H3. The molecular weight excluding hydrogens is 375 g/mol. The van der Waals surface area contributed by atoms with Crippen molar-refractivity contribution in [2.75, 3.05) is 31.6 Å². The van der Waals surface area contributed by atoms with Crippen LogP contribution in [0.1, 0.15) is 6.42 Å². The van der Waals surface area contributed by atoms with Crippen molar-refractivity contribution in [2.24, 2.45) is 5.92 Å². The van der Waals surface area contributed by atoms with E-state index in [0.29, 0.717) is 13.0 Å². The zero-order chi connectivity index (χ0) is 20.3. The molecule has 3 aromatic rings. The quantitative estimate of drug-likeness (QED) is 0.631. The molecular formula is C18H20F3N5O2. The fourth-order valence-corrected chi connectivity index (χ4v) is 3.28. The molecule has 0 amide bonds. The summed E-state index contributed by atoms with van der Waals surface area (Å²) in [6.45, 7) is 0.364. The number of carboxylic acid groups (broad SMARTS) is 1. The van der Waals surface area contributed by atoms with Crippen LogP contribution in [-0.2, 0) is 4.79 Å². The Bertz CT molecular complexity index is 973. The number of nitrogens with zero attached hydrogens (tertiary/aromatic N) is 3. The minimum atomic E-state index is -4.06. The third kappa shape index (κ3) is 4.33. The second-order valence-corrected chi connectivity index (χ2v) is 6.54. The molecule has 0 aliphatic carbocycles. The van der Waals surface area contributed by atoms with E-state index < -0.39 is 18.7 Å². The molecule has 1 atom stereocenters. The number of anilines is 1. The average Bonchev–Trinajstić information content (AvgIpc) is 3.30. The Morgan fingerprint density at radius 1 is 1.39 bits per heavy atom. The molecule has 0 spiro atoms. The monoisotopic (exact) mass is 395 g/mol. The number of nitrogens with one attached hydrogen (secondary N) is 2. The lowest BCUT2D eigenvalue weighted by Gasteiger charge is -2.20. The predicted octanol–water partition coefficient (Wildman–Crippen LogP) is 2.79. The Morgan fingerprint density at radius 2 is 2.18 bits per heavy atom. The Hall–Kier alpha value is -2.88. The topological polar surface area (TPSA) is 94.1 Å². The minimum Gasteiger partial charge on any atom is -0.481 e. The summed E-state index contributed by atoms with van der Waals surface area (Å²) in [6, 6.07) is 2.00. The molecule has 0 saturated carbocycles. The lowest BCUT2D eigenvalue weighted by Crippen LogP contribution is -2.25. The van der Waals surface area contributed by atoms with E-state index in [1.165, 1.54) is 7.05 Å². The summed E-state index contributed by atoms with van der Waals surface area (Å²) in [7, 11) is 1.26. The first-order valence-electron chi connectivity index (χ1n) is 8.69. The first-order valence-corrected chi connectivity index (χ1v) is 8.69. The highest BCUT2D eigenvalue weighted by atomic mass is 19.4. The van der Waals surface area contributed by atoms with Crippen molar-refractivity contribution in [3.8, 4) is 0 Å². The first kappa shape index (κ1) is 19.9. The van der Waals surface area contributed by atoms with Crippen molar-refractivity contribution in [3.05, 3.63) is 30.9 Å². The molecule has 1 unspecified atom stereocenters. The van der Waals surface area contributed by atoms with Crippen molar-refractivity contribution < 1.29 is 23.1 Å². The molecule has 28 heavy (non-hydrogen) atoms. The maximum Gasteiger partial charge on any atom is 0.401 e. The Morgan fingerprint density at radius 3 is 2.79 bits per heavy atom. The number of hydrogen-bond donors (Lipinski definition) is 3. The predicted molar refractivity (Wildman–Crippen MR) is 99.3 cm³/mol. The van der Waals surface area contributed by atoms with Crippen LogP contribution in [0.25, 0.3) is 21.8 Å². The summed E-state index contributed by atoms with van der Waals surface area (Å²) in [4.78, 5) is 25.0. The number of carboxylic acids is 1. The second kappa shape index (κ2) is 8.01. The number of pyridine rings is 2. The van der Waals surface area contributed by atoms with E-state index in [9.17, 15) is 23.1 Å². The Balaban J connectivity index is 0.000000279. The molecule has 1 aliphatic rings. The van der Waals surface area contributed by atoms with E-state index in [4.69, 9.17) is 0 Å². The highest BCUT2D eigenvalue weighted by Gasteiger charge is 2.29. The highest BCUT2D eigenvalue weighted by Crippen LogP contribution is 2.34. The second-order valence-electron chi connectivity index (χ2n) is 6.54. The van der Waals surface area contributed by atoms with Gasteiger partial charge in [-0.3, -0.25) is 9.78 Å². The van der Waals surface area contributed by atoms with Crippen LogP contribution < -0.4 is 10.2 Å². The number of H-pyrrole nitrogens is 1. The fraction of sp³-hybridized carbons (Fsp3) is 0.389. The van der Waals surface area contributed by atoms with Gasteiger partial charge in [0.25, 0.3) is 0 Å². The van der Waals surface area contributed by atoms with Crippen LogP contribution in [0.2, 0.25) is 0 Å². The van der Waals surface area contributed by atoms with E-state index in [-0.39, 0.29) is 5.92 Å². The number of aliphatic carboxylic acids is 1. The molecule has 1 aliphatic heterocycles. The minimum absolute atomic E-state index is 0.302. The molecule has 150 valence electrons. The number of aromatic nitrogens is 3. The summed E-state index contributed by atoms with van der Waals surface area (Å²) in [5.41, 5.74) is 1.83. The summed E-state index contributed by atoms with van der Waals surface area (Å²) in [5, 5.41) is 14.3. The molecule has 3 aromatic heterocycles. The lowest BCUT2D eigenvalue weighted by atomic mass is 10.1. The number of alkyl halides is 3. The molecule has 4 heterocycles. The number of aromatic amines is 1. The van der Waals surface area contributed by atoms with Crippen LogP contribution in [-0.4, -0.2) is 58.9 Å². The molecule has 1 fully saturated rings. The normalized spacial score (nSPS) is 17.0. The van der Waals surface area contributed by atoms with E-state index in [0.717, 1.165) is 34.0 Å². The molecule has 0 aromatic carbocycles.